The molecule has 0 aromatic heterocycles. The molecule has 0 aliphatic heterocycles. The molecule has 4 atom stereocenters. The van der Waals surface area contributed by atoms with Crippen LogP contribution >= 0.6 is 0 Å². The van der Waals surface area contributed by atoms with E-state index in [-0.39, 0.29) is 0 Å². The summed E-state index contributed by atoms with van der Waals surface area (Å²) in [5.74, 6) is 3.32. The van der Waals surface area contributed by atoms with Crippen LogP contribution in [0.4, 0.5) is 0 Å². The van der Waals surface area contributed by atoms with Crippen molar-refractivity contribution in [1.29, 1.82) is 0 Å². The number of fused-ring (bicyclic) bond motifs is 1. The summed E-state index contributed by atoms with van der Waals surface area (Å²) in [5.41, 5.74) is 2.36. The van der Waals surface area contributed by atoms with Gasteiger partial charge >= 0.3 is 0 Å². The molecule has 3 fully saturated rings. The van der Waals surface area contributed by atoms with E-state index in [1.807, 2.05) is 0 Å². The third-order valence-electron chi connectivity index (χ3n) is 7.11. The fourth-order valence-electron chi connectivity index (χ4n) is 5.97. The number of rotatable bonds is 2. The van der Waals surface area contributed by atoms with Gasteiger partial charge in [0.2, 0.25) is 0 Å². The number of hydrogen-bond donors (Lipinski definition) is 0. The summed E-state index contributed by atoms with van der Waals surface area (Å²) in [6, 6.07) is 0. The second-order valence-corrected chi connectivity index (χ2v) is 13.4. The van der Waals surface area contributed by atoms with Crippen LogP contribution in [0.5, 0.6) is 0 Å². The Morgan fingerprint density at radius 3 is 2.00 bits per heavy atom. The maximum absolute atomic E-state index is 2.76. The fourth-order valence-corrected chi connectivity index (χ4v) is 11.0. The van der Waals surface area contributed by atoms with Gasteiger partial charge in [-0.15, -0.1) is 0 Å². The molecule has 3 aliphatic rings. The normalized spacial score (nSPS) is 42.2. The minimum Gasteiger partial charge on any atom is -0.0689 e. The van der Waals surface area contributed by atoms with E-state index in [0.717, 1.165) is 17.8 Å². The van der Waals surface area contributed by atoms with Gasteiger partial charge in [0, 0.05) is 0 Å². The van der Waals surface area contributed by atoms with Crippen LogP contribution in [-0.4, -0.2) is 8.07 Å². The standard InChI is InChI=1S/C17H32Si/c1-13-12-17(16-11-7-6-10-15(13)16)18(2,3)14-8-4-5-9-14/h13-17H,4-12H2,1-3H3. The third kappa shape index (κ3) is 2.11. The Labute approximate surface area is 115 Å². The highest BCUT2D eigenvalue weighted by Crippen LogP contribution is 2.59. The molecule has 0 amide bonds. The highest BCUT2D eigenvalue weighted by Gasteiger charge is 2.51. The highest BCUT2D eigenvalue weighted by molar-refractivity contribution is 6.80. The lowest BCUT2D eigenvalue weighted by molar-refractivity contribution is 0.236. The molecule has 0 radical (unpaired) electrons. The molecule has 104 valence electrons. The molecule has 0 aromatic carbocycles. The van der Waals surface area contributed by atoms with Crippen LogP contribution < -0.4 is 0 Å². The van der Waals surface area contributed by atoms with Gasteiger partial charge in [-0.2, -0.15) is 0 Å². The first-order chi connectivity index (χ1) is 8.60. The van der Waals surface area contributed by atoms with Crippen molar-refractivity contribution in [2.45, 2.75) is 88.9 Å². The van der Waals surface area contributed by atoms with Gasteiger partial charge in [-0.1, -0.05) is 65.0 Å². The zero-order valence-corrected chi connectivity index (χ0v) is 13.8. The molecular formula is C17H32Si. The van der Waals surface area contributed by atoms with E-state index < -0.39 is 8.07 Å². The van der Waals surface area contributed by atoms with Crippen molar-refractivity contribution in [3.8, 4) is 0 Å². The average molecular weight is 265 g/mol. The minimum absolute atomic E-state index is 0.987. The minimum atomic E-state index is -0.987. The second kappa shape index (κ2) is 4.96. The van der Waals surface area contributed by atoms with Crippen LogP contribution in [0.3, 0.4) is 0 Å². The summed E-state index contributed by atoms with van der Waals surface area (Å²) in [4.78, 5) is 0. The molecular weight excluding hydrogens is 232 g/mol. The summed E-state index contributed by atoms with van der Waals surface area (Å²) in [6.45, 7) is 8.09. The monoisotopic (exact) mass is 264 g/mol. The van der Waals surface area contributed by atoms with Gasteiger partial charge in [0.05, 0.1) is 8.07 Å². The molecule has 0 heterocycles. The smallest absolute Gasteiger partial charge is 0.0538 e. The van der Waals surface area contributed by atoms with Crippen LogP contribution in [0.25, 0.3) is 0 Å². The first-order valence-electron chi connectivity index (χ1n) is 8.60. The van der Waals surface area contributed by atoms with E-state index >= 15 is 0 Å². The van der Waals surface area contributed by atoms with Crippen LogP contribution in [-0.2, 0) is 0 Å². The van der Waals surface area contributed by atoms with Crippen LogP contribution in [0.2, 0.25) is 24.2 Å². The third-order valence-corrected chi connectivity index (χ3v) is 12.4. The van der Waals surface area contributed by atoms with Crippen molar-refractivity contribution in [3.63, 3.8) is 0 Å². The summed E-state index contributed by atoms with van der Waals surface area (Å²) in [5, 5.41) is 0. The van der Waals surface area contributed by atoms with Gasteiger partial charge in [0.1, 0.15) is 0 Å². The maximum atomic E-state index is 2.76. The molecule has 0 saturated heterocycles. The predicted molar refractivity (Wildman–Crippen MR) is 82.7 cm³/mol. The van der Waals surface area contributed by atoms with Crippen molar-refractivity contribution in [2.24, 2.45) is 17.8 Å². The Morgan fingerprint density at radius 2 is 1.33 bits per heavy atom. The molecule has 4 unspecified atom stereocenters. The maximum Gasteiger partial charge on any atom is 0.0538 e. The molecule has 0 spiro atoms. The van der Waals surface area contributed by atoms with Crippen LogP contribution in [0.15, 0.2) is 0 Å². The summed E-state index contributed by atoms with van der Waals surface area (Å²) >= 11 is 0. The number of hydrogen-bond acceptors (Lipinski definition) is 0. The van der Waals surface area contributed by atoms with Gasteiger partial charge in [-0.25, -0.2) is 0 Å². The quantitative estimate of drug-likeness (QED) is 0.548. The SMILES string of the molecule is CC1CC([Si](C)(C)C2CCCC2)C2CCCCC12. The van der Waals surface area contributed by atoms with Gasteiger partial charge in [-0.3, -0.25) is 0 Å². The summed E-state index contributed by atoms with van der Waals surface area (Å²) in [6.07, 6.45) is 14.1. The molecule has 3 rings (SSSR count). The van der Waals surface area contributed by atoms with E-state index in [2.05, 4.69) is 20.0 Å². The Kier molecular flexibility index (Phi) is 3.64. The van der Waals surface area contributed by atoms with Crippen molar-refractivity contribution in [2.75, 3.05) is 0 Å². The van der Waals surface area contributed by atoms with Gasteiger partial charge in [0.15, 0.2) is 0 Å². The van der Waals surface area contributed by atoms with E-state index in [9.17, 15) is 0 Å². The second-order valence-electron chi connectivity index (χ2n) is 8.23. The van der Waals surface area contributed by atoms with E-state index in [1.165, 1.54) is 30.3 Å². The highest BCUT2D eigenvalue weighted by atomic mass is 28.3. The van der Waals surface area contributed by atoms with Crippen LogP contribution in [0.1, 0.15) is 64.7 Å². The van der Waals surface area contributed by atoms with Crippen molar-refractivity contribution < 1.29 is 0 Å². The van der Waals surface area contributed by atoms with Gasteiger partial charge < -0.3 is 0 Å². The van der Waals surface area contributed by atoms with Crippen molar-refractivity contribution in [1.82, 2.24) is 0 Å². The van der Waals surface area contributed by atoms with E-state index in [1.54, 1.807) is 38.5 Å². The Bertz CT molecular complexity index is 290. The molecule has 0 aromatic rings. The Hall–Kier alpha value is 0.217. The van der Waals surface area contributed by atoms with Crippen LogP contribution in [0, 0.1) is 17.8 Å². The molecule has 18 heavy (non-hydrogen) atoms. The molecule has 1 heteroatoms. The van der Waals surface area contributed by atoms with E-state index in [4.69, 9.17) is 0 Å². The topological polar surface area (TPSA) is 0 Å². The first kappa shape index (κ1) is 13.2. The first-order valence-corrected chi connectivity index (χ1v) is 11.8. The van der Waals surface area contributed by atoms with Crippen molar-refractivity contribution >= 4 is 8.07 Å². The molecule has 0 N–H and O–H groups in total. The molecule has 0 nitrogen and oxygen atoms in total. The van der Waals surface area contributed by atoms with Gasteiger partial charge in [-0.05, 0) is 41.7 Å². The van der Waals surface area contributed by atoms with Gasteiger partial charge in [0.25, 0.3) is 0 Å². The summed E-state index contributed by atoms with van der Waals surface area (Å²) < 4.78 is 0. The largest absolute Gasteiger partial charge is 0.0689 e. The fraction of sp³-hybridized carbons (Fsp3) is 1.00. The van der Waals surface area contributed by atoms with Crippen molar-refractivity contribution in [3.05, 3.63) is 0 Å². The molecule has 3 aliphatic carbocycles. The van der Waals surface area contributed by atoms with E-state index in [0.29, 0.717) is 0 Å². The Morgan fingerprint density at radius 1 is 0.778 bits per heavy atom. The zero-order chi connectivity index (χ0) is 12.8. The lowest BCUT2D eigenvalue weighted by Gasteiger charge is -2.41. The Balaban J connectivity index is 1.78. The predicted octanol–water partition coefficient (Wildman–Crippen LogP) is 5.86. The molecule has 3 saturated carbocycles. The lowest BCUT2D eigenvalue weighted by atomic mass is 9.78. The average Bonchev–Trinajstić information content (AvgIpc) is 2.98. The lowest BCUT2D eigenvalue weighted by Crippen LogP contribution is -2.40. The molecule has 0 bridgehead atoms. The zero-order valence-electron chi connectivity index (χ0n) is 12.8. The summed E-state index contributed by atoms with van der Waals surface area (Å²) in [7, 11) is -0.987.